The van der Waals surface area contributed by atoms with Gasteiger partial charge in [0.2, 0.25) is 0 Å². The molecule has 30 heavy (non-hydrogen) atoms. The van der Waals surface area contributed by atoms with Crippen LogP contribution in [0.2, 0.25) is 0 Å². The molecule has 0 bridgehead atoms. The molecule has 160 valence electrons. The van der Waals surface area contributed by atoms with Gasteiger partial charge in [-0.1, -0.05) is 27.6 Å². The van der Waals surface area contributed by atoms with Crippen molar-refractivity contribution in [1.82, 2.24) is 9.80 Å². The minimum Gasteiger partial charge on any atom is -0.493 e. The van der Waals surface area contributed by atoms with Crippen LogP contribution in [0.4, 0.5) is 0 Å². The molecule has 1 aromatic carbocycles. The van der Waals surface area contributed by atoms with Crippen molar-refractivity contribution in [2.75, 3.05) is 34.4 Å². The van der Waals surface area contributed by atoms with Crippen molar-refractivity contribution in [3.05, 3.63) is 53.3 Å². The fourth-order valence-corrected chi connectivity index (χ4v) is 6.15. The molecule has 5 nitrogen and oxygen atoms in total. The number of carbonyl (C=O) groups is 1. The first-order valence-corrected chi connectivity index (χ1v) is 11.8. The van der Waals surface area contributed by atoms with Gasteiger partial charge >= 0.3 is 0 Å². The summed E-state index contributed by atoms with van der Waals surface area (Å²) in [6, 6.07) is 5.89. The van der Waals surface area contributed by atoms with Gasteiger partial charge in [0, 0.05) is 12.3 Å². The fourth-order valence-electron chi connectivity index (χ4n) is 4.52. The zero-order valence-electron chi connectivity index (χ0n) is 18.3. The van der Waals surface area contributed by atoms with Crippen molar-refractivity contribution in [1.29, 1.82) is 0 Å². The van der Waals surface area contributed by atoms with Crippen LogP contribution in [0.15, 0.2) is 47.7 Å². The lowest BCUT2D eigenvalue weighted by molar-refractivity contribution is -0.124. The summed E-state index contributed by atoms with van der Waals surface area (Å²) >= 11 is 0. The highest BCUT2D eigenvalue weighted by Gasteiger charge is 2.34. The SMILES string of the molecule is CCC1=CC(C2CCN(C)CC2)=CN2C(=O)C=C(c3ccc(OC)c(OC)c3)PC12. The van der Waals surface area contributed by atoms with Crippen LogP contribution < -0.4 is 9.47 Å². The van der Waals surface area contributed by atoms with Crippen molar-refractivity contribution in [3.63, 3.8) is 0 Å². The molecule has 3 heterocycles. The largest absolute Gasteiger partial charge is 0.493 e. The minimum atomic E-state index is 0.0769. The molecule has 4 rings (SSSR count). The molecule has 0 aliphatic carbocycles. The predicted octanol–water partition coefficient (Wildman–Crippen LogP) is 4.47. The predicted molar refractivity (Wildman–Crippen MR) is 123 cm³/mol. The normalized spacial score (nSPS) is 23.6. The van der Waals surface area contributed by atoms with Gasteiger partial charge in [-0.2, -0.15) is 0 Å². The minimum absolute atomic E-state index is 0.0769. The zero-order valence-corrected chi connectivity index (χ0v) is 19.3. The molecule has 0 spiro atoms. The Morgan fingerprint density at radius 3 is 2.50 bits per heavy atom. The lowest BCUT2D eigenvalue weighted by Crippen LogP contribution is -2.39. The van der Waals surface area contributed by atoms with Crippen LogP contribution >= 0.6 is 8.58 Å². The van der Waals surface area contributed by atoms with Crippen molar-refractivity contribution in [2.45, 2.75) is 32.0 Å². The highest BCUT2D eigenvalue weighted by Crippen LogP contribution is 2.49. The zero-order chi connectivity index (χ0) is 21.3. The molecular weight excluding hydrogens is 395 g/mol. The van der Waals surface area contributed by atoms with Crippen molar-refractivity contribution >= 4 is 19.8 Å². The van der Waals surface area contributed by atoms with Gasteiger partial charge in [-0.3, -0.25) is 4.79 Å². The van der Waals surface area contributed by atoms with E-state index < -0.39 is 0 Å². The van der Waals surface area contributed by atoms with Gasteiger partial charge in [0.15, 0.2) is 11.5 Å². The van der Waals surface area contributed by atoms with Crippen molar-refractivity contribution in [3.8, 4) is 11.5 Å². The first-order valence-electron chi connectivity index (χ1n) is 10.7. The number of hydrogen-bond donors (Lipinski definition) is 0. The summed E-state index contributed by atoms with van der Waals surface area (Å²) < 4.78 is 10.8. The van der Waals surface area contributed by atoms with Gasteiger partial charge in [0.25, 0.3) is 5.91 Å². The van der Waals surface area contributed by atoms with Crippen molar-refractivity contribution in [2.24, 2.45) is 5.92 Å². The lowest BCUT2D eigenvalue weighted by Gasteiger charge is -2.40. The molecule has 0 aromatic heterocycles. The molecule has 2 atom stereocenters. The third kappa shape index (κ3) is 4.06. The van der Waals surface area contributed by atoms with Gasteiger partial charge in [-0.25, -0.2) is 0 Å². The maximum absolute atomic E-state index is 13.1. The Balaban J connectivity index is 1.63. The Morgan fingerprint density at radius 2 is 1.83 bits per heavy atom. The smallest absolute Gasteiger partial charge is 0.252 e. The third-order valence-electron chi connectivity index (χ3n) is 6.38. The molecule has 2 unspecified atom stereocenters. The summed E-state index contributed by atoms with van der Waals surface area (Å²) in [6.45, 7) is 4.45. The summed E-state index contributed by atoms with van der Waals surface area (Å²) in [5.74, 6) is 2.15. The number of ether oxygens (including phenoxy) is 2. The Bertz CT molecular complexity index is 913. The van der Waals surface area contributed by atoms with Crippen LogP contribution in [-0.4, -0.2) is 55.8 Å². The maximum Gasteiger partial charge on any atom is 0.252 e. The van der Waals surface area contributed by atoms with E-state index in [0.717, 1.165) is 43.2 Å². The summed E-state index contributed by atoms with van der Waals surface area (Å²) in [6.07, 6.45) is 9.61. The monoisotopic (exact) mass is 426 g/mol. The van der Waals surface area contributed by atoms with E-state index in [0.29, 0.717) is 26.0 Å². The number of amides is 1. The van der Waals surface area contributed by atoms with Crippen LogP contribution in [0.1, 0.15) is 31.7 Å². The molecule has 3 aliphatic rings. The molecule has 6 heteroatoms. The van der Waals surface area contributed by atoms with Crippen LogP contribution in [0.25, 0.3) is 5.31 Å². The topological polar surface area (TPSA) is 42.0 Å². The Labute approximate surface area is 181 Å². The summed E-state index contributed by atoms with van der Waals surface area (Å²) in [5, 5.41) is 1.08. The first-order chi connectivity index (χ1) is 14.5. The number of fused-ring (bicyclic) bond motifs is 1. The van der Waals surface area contributed by atoms with Gasteiger partial charge in [0.05, 0.1) is 20.0 Å². The highest BCUT2D eigenvalue weighted by atomic mass is 31.1. The average Bonchev–Trinajstić information content (AvgIpc) is 2.78. The van der Waals surface area contributed by atoms with E-state index in [1.807, 2.05) is 23.1 Å². The van der Waals surface area contributed by atoms with E-state index in [-0.39, 0.29) is 11.7 Å². The number of methoxy groups -OCH3 is 2. The molecule has 0 saturated carbocycles. The van der Waals surface area contributed by atoms with E-state index in [4.69, 9.17) is 9.47 Å². The third-order valence-corrected chi connectivity index (χ3v) is 8.04. The number of benzene rings is 1. The molecule has 3 aliphatic heterocycles. The second-order valence-electron chi connectivity index (χ2n) is 8.20. The maximum atomic E-state index is 13.1. The Morgan fingerprint density at radius 1 is 1.10 bits per heavy atom. The van der Waals surface area contributed by atoms with Crippen molar-refractivity contribution < 1.29 is 14.3 Å². The number of nitrogens with zero attached hydrogens (tertiary/aromatic N) is 2. The van der Waals surface area contributed by atoms with E-state index >= 15 is 0 Å². The Kier molecular flexibility index (Phi) is 6.31. The summed E-state index contributed by atoms with van der Waals surface area (Å²) in [7, 11) is 5.97. The van der Waals surface area contributed by atoms with E-state index in [9.17, 15) is 4.79 Å². The molecular formula is C24H31N2O3P. The van der Waals surface area contributed by atoms with Crippen LogP contribution in [0, 0.1) is 5.92 Å². The van der Waals surface area contributed by atoms with Gasteiger partial charge < -0.3 is 19.3 Å². The van der Waals surface area contributed by atoms with E-state index in [2.05, 4.69) is 31.1 Å². The first kappa shape index (κ1) is 21.1. The highest BCUT2D eigenvalue weighted by molar-refractivity contribution is 7.51. The second-order valence-corrected chi connectivity index (χ2v) is 9.57. The molecule has 1 amide bonds. The van der Waals surface area contributed by atoms with Crippen LogP contribution in [-0.2, 0) is 4.79 Å². The number of piperidine rings is 1. The standard InChI is InChI=1S/C24H31N2O3P/c1-5-16-12-19(17-8-10-25(2)11-9-17)15-26-23(27)14-22(30-24(16)26)18-6-7-20(28-3)21(13-18)29-4/h6-7,12-15,17,24,30H,5,8-11H2,1-4H3. The van der Waals surface area contributed by atoms with Crippen LogP contribution in [0.5, 0.6) is 11.5 Å². The van der Waals surface area contributed by atoms with Gasteiger partial charge in [-0.05, 0) is 79.5 Å². The fraction of sp³-hybridized carbons (Fsp3) is 0.458. The van der Waals surface area contributed by atoms with E-state index in [1.54, 1.807) is 20.3 Å². The number of hydrogen-bond acceptors (Lipinski definition) is 4. The molecule has 0 radical (unpaired) electrons. The lowest BCUT2D eigenvalue weighted by atomic mass is 9.87. The molecule has 1 saturated heterocycles. The number of allylic oxidation sites excluding steroid dienone is 2. The van der Waals surface area contributed by atoms with Gasteiger partial charge in [0.1, 0.15) is 0 Å². The van der Waals surface area contributed by atoms with E-state index in [1.165, 1.54) is 11.1 Å². The van der Waals surface area contributed by atoms with Gasteiger partial charge in [-0.15, -0.1) is 0 Å². The summed E-state index contributed by atoms with van der Waals surface area (Å²) in [4.78, 5) is 17.5. The Hall–Kier alpha value is -2.10. The molecule has 1 aromatic rings. The second kappa shape index (κ2) is 8.95. The number of carbonyl (C=O) groups excluding carboxylic acids is 1. The number of likely N-dealkylation sites (tertiary alicyclic amines) is 1. The molecule has 0 N–H and O–H groups in total. The number of rotatable bonds is 5. The van der Waals surface area contributed by atoms with Crippen LogP contribution in [0.3, 0.4) is 0 Å². The summed E-state index contributed by atoms with van der Waals surface area (Å²) in [5.41, 5.74) is 3.72. The molecule has 1 fully saturated rings. The average molecular weight is 426 g/mol. The quantitative estimate of drug-likeness (QED) is 0.652.